The Bertz CT molecular complexity index is 774. The molecule has 2 aromatic rings. The van der Waals surface area contributed by atoms with Gasteiger partial charge in [0.25, 0.3) is 5.91 Å². The molecule has 1 aliphatic rings. The summed E-state index contributed by atoms with van der Waals surface area (Å²) in [6.45, 7) is 0.918. The molecule has 0 spiro atoms. The van der Waals surface area contributed by atoms with Crippen molar-refractivity contribution in [2.24, 2.45) is 0 Å². The summed E-state index contributed by atoms with van der Waals surface area (Å²) < 4.78 is 13.6. The number of anilines is 1. The highest BCUT2D eigenvalue weighted by atomic mass is 19.1. The molecule has 0 saturated heterocycles. The Morgan fingerprint density at radius 2 is 2.00 bits per heavy atom. The monoisotopic (exact) mass is 354 g/mol. The van der Waals surface area contributed by atoms with Crippen LogP contribution in [-0.4, -0.2) is 22.6 Å². The minimum atomic E-state index is -0.267. The van der Waals surface area contributed by atoms with Crippen LogP contribution in [0.2, 0.25) is 0 Å². The number of nitrogens with one attached hydrogen (secondary N) is 2. The van der Waals surface area contributed by atoms with Gasteiger partial charge in [-0.25, -0.2) is 4.39 Å². The summed E-state index contributed by atoms with van der Waals surface area (Å²) in [4.78, 5) is 12.1. The maximum atomic E-state index is 13.6. The average molecular weight is 354 g/mol. The third-order valence-electron chi connectivity index (χ3n) is 4.43. The molecule has 1 aromatic heterocycles. The first kappa shape index (κ1) is 18.0. The van der Waals surface area contributed by atoms with E-state index in [1.54, 1.807) is 30.3 Å². The fourth-order valence-electron chi connectivity index (χ4n) is 2.93. The van der Waals surface area contributed by atoms with E-state index in [0.29, 0.717) is 24.5 Å². The van der Waals surface area contributed by atoms with E-state index in [-0.39, 0.29) is 17.4 Å². The van der Waals surface area contributed by atoms with Crippen LogP contribution < -0.4 is 10.6 Å². The molecule has 136 valence electrons. The van der Waals surface area contributed by atoms with Crippen molar-refractivity contribution in [2.75, 3.05) is 11.9 Å². The quantitative estimate of drug-likeness (QED) is 0.741. The van der Waals surface area contributed by atoms with Gasteiger partial charge in [-0.05, 0) is 50.3 Å². The Balaban J connectivity index is 1.46. The van der Waals surface area contributed by atoms with Gasteiger partial charge < -0.3 is 10.6 Å². The first-order valence-electron chi connectivity index (χ1n) is 8.99. The average Bonchev–Trinajstić information content (AvgIpc) is 2.68. The van der Waals surface area contributed by atoms with Crippen LogP contribution in [0.5, 0.6) is 0 Å². The summed E-state index contributed by atoms with van der Waals surface area (Å²) in [6, 6.07) is 9.84. The summed E-state index contributed by atoms with van der Waals surface area (Å²) in [7, 11) is 0. The lowest BCUT2D eigenvalue weighted by molar-refractivity contribution is 0.0948. The van der Waals surface area contributed by atoms with Gasteiger partial charge in [-0.3, -0.25) is 4.79 Å². The minimum absolute atomic E-state index is 0.227. The molecule has 3 rings (SSSR count). The molecule has 5 nitrogen and oxygen atoms in total. The van der Waals surface area contributed by atoms with Gasteiger partial charge >= 0.3 is 0 Å². The van der Waals surface area contributed by atoms with Crippen molar-refractivity contribution in [3.05, 3.63) is 65.1 Å². The molecular formula is C20H23FN4O. The number of allylic oxidation sites excluding steroid dienone is 1. The van der Waals surface area contributed by atoms with Crippen molar-refractivity contribution in [1.29, 1.82) is 0 Å². The number of carbonyl (C=O) groups is 1. The molecule has 0 unspecified atom stereocenters. The van der Waals surface area contributed by atoms with E-state index in [0.717, 1.165) is 19.3 Å². The molecule has 1 amide bonds. The Morgan fingerprint density at radius 1 is 1.12 bits per heavy atom. The van der Waals surface area contributed by atoms with Gasteiger partial charge in [-0.2, -0.15) is 0 Å². The van der Waals surface area contributed by atoms with Crippen molar-refractivity contribution < 1.29 is 9.18 Å². The molecule has 0 bridgehead atoms. The lowest BCUT2D eigenvalue weighted by Gasteiger charge is -2.12. The Morgan fingerprint density at radius 3 is 2.73 bits per heavy atom. The van der Waals surface area contributed by atoms with Crippen LogP contribution >= 0.6 is 0 Å². The molecule has 6 heteroatoms. The molecule has 0 atom stereocenters. The van der Waals surface area contributed by atoms with Crippen LogP contribution in [0.25, 0.3) is 0 Å². The standard InChI is InChI=1S/C20H23FN4O/c21-17-9-5-4-8-16(17)14-23-19-11-10-18(24-25-19)20(26)22-13-12-15-6-2-1-3-7-15/h4-6,8-11H,1-3,7,12-14H2,(H,22,26)(H,23,25). The topological polar surface area (TPSA) is 66.9 Å². The third kappa shape index (κ3) is 5.12. The van der Waals surface area contributed by atoms with E-state index in [4.69, 9.17) is 0 Å². The summed E-state index contributed by atoms with van der Waals surface area (Å²) in [6.07, 6.45) is 7.97. The predicted octanol–water partition coefficient (Wildman–Crippen LogP) is 3.85. The molecule has 26 heavy (non-hydrogen) atoms. The maximum absolute atomic E-state index is 13.6. The Labute approximate surface area is 152 Å². The maximum Gasteiger partial charge on any atom is 0.271 e. The molecule has 1 aromatic carbocycles. The van der Waals surface area contributed by atoms with E-state index in [2.05, 4.69) is 26.9 Å². The van der Waals surface area contributed by atoms with Crippen molar-refractivity contribution in [1.82, 2.24) is 15.5 Å². The van der Waals surface area contributed by atoms with E-state index in [9.17, 15) is 9.18 Å². The Kier molecular flexibility index (Phi) is 6.30. The predicted molar refractivity (Wildman–Crippen MR) is 99.3 cm³/mol. The zero-order chi connectivity index (χ0) is 18.2. The largest absolute Gasteiger partial charge is 0.364 e. The third-order valence-corrected chi connectivity index (χ3v) is 4.43. The van der Waals surface area contributed by atoms with E-state index < -0.39 is 0 Å². The SMILES string of the molecule is O=C(NCCC1=CCCCC1)c1ccc(NCc2ccccc2F)nn1. The fraction of sp³-hybridized carbons (Fsp3) is 0.350. The van der Waals surface area contributed by atoms with Crippen molar-refractivity contribution in [2.45, 2.75) is 38.6 Å². The molecule has 1 heterocycles. The first-order chi connectivity index (χ1) is 12.7. The van der Waals surface area contributed by atoms with Crippen LogP contribution in [0.3, 0.4) is 0 Å². The second kappa shape index (κ2) is 9.08. The van der Waals surface area contributed by atoms with Crippen LogP contribution in [0.4, 0.5) is 10.2 Å². The molecular weight excluding hydrogens is 331 g/mol. The summed E-state index contributed by atoms with van der Waals surface area (Å²) >= 11 is 0. The number of benzene rings is 1. The van der Waals surface area contributed by atoms with Crippen LogP contribution in [0, 0.1) is 5.82 Å². The van der Waals surface area contributed by atoms with Crippen molar-refractivity contribution in [3.63, 3.8) is 0 Å². The van der Waals surface area contributed by atoms with E-state index in [1.165, 1.54) is 24.5 Å². The molecule has 0 fully saturated rings. The zero-order valence-electron chi connectivity index (χ0n) is 14.7. The van der Waals surface area contributed by atoms with E-state index >= 15 is 0 Å². The zero-order valence-corrected chi connectivity index (χ0v) is 14.7. The molecule has 2 N–H and O–H groups in total. The molecule has 0 saturated carbocycles. The minimum Gasteiger partial charge on any atom is -0.364 e. The molecule has 0 aliphatic heterocycles. The number of hydrogen-bond donors (Lipinski definition) is 2. The lowest BCUT2D eigenvalue weighted by Crippen LogP contribution is -2.26. The summed E-state index contributed by atoms with van der Waals surface area (Å²) in [5.74, 6) is 0.00349. The lowest BCUT2D eigenvalue weighted by atomic mass is 9.97. The smallest absolute Gasteiger partial charge is 0.271 e. The van der Waals surface area contributed by atoms with Gasteiger partial charge in [0.15, 0.2) is 5.69 Å². The van der Waals surface area contributed by atoms with Crippen molar-refractivity contribution >= 4 is 11.7 Å². The fourth-order valence-corrected chi connectivity index (χ4v) is 2.93. The number of rotatable bonds is 7. The van der Waals surface area contributed by atoms with Crippen LogP contribution in [-0.2, 0) is 6.54 Å². The van der Waals surface area contributed by atoms with Crippen molar-refractivity contribution in [3.8, 4) is 0 Å². The normalized spacial score (nSPS) is 13.8. The molecule has 0 radical (unpaired) electrons. The van der Waals surface area contributed by atoms with Gasteiger partial charge in [-0.15, -0.1) is 10.2 Å². The van der Waals surface area contributed by atoms with Crippen LogP contribution in [0.1, 0.15) is 48.2 Å². The Hall–Kier alpha value is -2.76. The first-order valence-corrected chi connectivity index (χ1v) is 8.99. The number of carbonyl (C=O) groups excluding carboxylic acids is 1. The van der Waals surface area contributed by atoms with Gasteiger partial charge in [0, 0.05) is 18.7 Å². The number of amides is 1. The number of hydrogen-bond acceptors (Lipinski definition) is 4. The molecule has 1 aliphatic carbocycles. The van der Waals surface area contributed by atoms with Gasteiger partial charge in [0.05, 0.1) is 0 Å². The van der Waals surface area contributed by atoms with Gasteiger partial charge in [0.1, 0.15) is 11.6 Å². The second-order valence-corrected chi connectivity index (χ2v) is 6.36. The number of nitrogens with zero attached hydrogens (tertiary/aromatic N) is 2. The number of halogens is 1. The highest BCUT2D eigenvalue weighted by molar-refractivity contribution is 5.92. The highest BCUT2D eigenvalue weighted by Crippen LogP contribution is 2.19. The van der Waals surface area contributed by atoms with Gasteiger partial charge in [0.2, 0.25) is 0 Å². The number of aromatic nitrogens is 2. The second-order valence-electron chi connectivity index (χ2n) is 6.36. The summed E-state index contributed by atoms with van der Waals surface area (Å²) in [5, 5.41) is 13.8. The highest BCUT2D eigenvalue weighted by Gasteiger charge is 2.09. The van der Waals surface area contributed by atoms with E-state index in [1.807, 2.05) is 0 Å². The van der Waals surface area contributed by atoms with Gasteiger partial charge in [-0.1, -0.05) is 29.8 Å². The van der Waals surface area contributed by atoms with Crippen LogP contribution in [0.15, 0.2) is 48.0 Å². The summed E-state index contributed by atoms with van der Waals surface area (Å²) in [5.41, 5.74) is 2.25.